The van der Waals surface area contributed by atoms with Gasteiger partial charge in [0, 0.05) is 19.3 Å². The number of allylic oxidation sites excluding steroid dienone is 14. The lowest BCUT2D eigenvalue weighted by atomic mass is 10.0. The van der Waals surface area contributed by atoms with Crippen LogP contribution in [0.1, 0.15) is 335 Å². The van der Waals surface area contributed by atoms with Crippen molar-refractivity contribution in [3.63, 3.8) is 0 Å². The lowest BCUT2D eigenvalue weighted by Gasteiger charge is -2.18. The first kappa shape index (κ1) is 74.6. The Morgan fingerprint density at radius 1 is 0.269 bits per heavy atom. The van der Waals surface area contributed by atoms with E-state index in [1.165, 1.54) is 193 Å². The van der Waals surface area contributed by atoms with Crippen molar-refractivity contribution in [1.82, 2.24) is 0 Å². The van der Waals surface area contributed by atoms with Crippen molar-refractivity contribution >= 4 is 17.9 Å². The first-order valence-corrected chi connectivity index (χ1v) is 33.6. The van der Waals surface area contributed by atoms with Gasteiger partial charge < -0.3 is 14.2 Å². The average Bonchev–Trinajstić information content (AvgIpc) is 3.44. The maximum Gasteiger partial charge on any atom is 0.306 e. The van der Waals surface area contributed by atoms with Crippen LogP contribution in [0.15, 0.2) is 85.1 Å². The second-order valence-corrected chi connectivity index (χ2v) is 22.4. The van der Waals surface area contributed by atoms with Crippen molar-refractivity contribution in [2.75, 3.05) is 13.2 Å². The van der Waals surface area contributed by atoms with Gasteiger partial charge in [-0.25, -0.2) is 0 Å². The van der Waals surface area contributed by atoms with Gasteiger partial charge in [0.1, 0.15) is 13.2 Å². The highest BCUT2D eigenvalue weighted by molar-refractivity contribution is 5.71. The van der Waals surface area contributed by atoms with Crippen LogP contribution in [0.5, 0.6) is 0 Å². The lowest BCUT2D eigenvalue weighted by molar-refractivity contribution is -0.167. The number of unbranched alkanes of at least 4 members (excludes halogenated alkanes) is 36. The van der Waals surface area contributed by atoms with Crippen LogP contribution in [-0.4, -0.2) is 37.2 Å². The number of carbonyl (C=O) groups excluding carboxylic acids is 3. The van der Waals surface area contributed by atoms with E-state index >= 15 is 0 Å². The van der Waals surface area contributed by atoms with E-state index in [0.717, 1.165) is 103 Å². The zero-order chi connectivity index (χ0) is 56.4. The molecule has 0 saturated carbocycles. The van der Waals surface area contributed by atoms with E-state index in [9.17, 15) is 14.4 Å². The van der Waals surface area contributed by atoms with Gasteiger partial charge in [0.15, 0.2) is 6.10 Å². The van der Waals surface area contributed by atoms with Crippen LogP contribution in [-0.2, 0) is 28.6 Å². The standard InChI is InChI=1S/C72H126O6/c1-4-7-10-13-16-19-22-24-26-28-29-30-31-32-33-34-35-36-37-38-39-40-41-42-43-44-46-47-50-53-56-59-62-65-71(74)77-68-69(67-76-70(73)64-61-58-55-52-49-21-18-15-12-9-6-3)78-72(75)66-63-60-57-54-51-48-45-27-25-23-20-17-14-11-8-5-2/h7,10,15-16,18-19,24,26,29-30,32-33,35-36,69H,4-6,8-9,11-14,17,20-23,25,27-28,31,34,37-68H2,1-3H3/b10-7-,18-15-,19-16-,26-24-,30-29-,33-32-,36-35-. The molecule has 0 spiro atoms. The van der Waals surface area contributed by atoms with Gasteiger partial charge in [-0.05, 0) is 89.9 Å². The van der Waals surface area contributed by atoms with Gasteiger partial charge in [-0.1, -0.05) is 311 Å². The molecule has 0 saturated heterocycles. The normalized spacial score (nSPS) is 12.6. The van der Waals surface area contributed by atoms with Crippen LogP contribution in [0, 0.1) is 0 Å². The van der Waals surface area contributed by atoms with E-state index in [1.807, 2.05) is 0 Å². The molecule has 6 heteroatoms. The first-order valence-electron chi connectivity index (χ1n) is 33.6. The fourth-order valence-corrected chi connectivity index (χ4v) is 9.61. The number of rotatable bonds is 61. The number of hydrogen-bond donors (Lipinski definition) is 0. The van der Waals surface area contributed by atoms with Crippen LogP contribution < -0.4 is 0 Å². The summed E-state index contributed by atoms with van der Waals surface area (Å²) in [7, 11) is 0. The highest BCUT2D eigenvalue weighted by Gasteiger charge is 2.19. The summed E-state index contributed by atoms with van der Waals surface area (Å²) in [6, 6.07) is 0. The van der Waals surface area contributed by atoms with Gasteiger partial charge in [-0.2, -0.15) is 0 Å². The summed E-state index contributed by atoms with van der Waals surface area (Å²) in [5.74, 6) is -0.869. The van der Waals surface area contributed by atoms with Gasteiger partial charge in [-0.15, -0.1) is 0 Å². The number of carbonyl (C=O) groups is 3. The SMILES string of the molecule is CC/C=C\C/C=C\C/C=C\C/C=C\C/C=C\C/C=C\CCCCCCCCCCCCCCCCC(=O)OCC(COC(=O)CCCCCCC/C=C\CCCC)OC(=O)CCCCCCCCCCCCCCCCCC. The Bertz CT molecular complexity index is 1480. The van der Waals surface area contributed by atoms with E-state index in [0.29, 0.717) is 19.3 Å². The Labute approximate surface area is 484 Å². The summed E-state index contributed by atoms with van der Waals surface area (Å²) in [6.45, 7) is 6.52. The fourth-order valence-electron chi connectivity index (χ4n) is 9.61. The lowest BCUT2D eigenvalue weighted by Crippen LogP contribution is -2.30. The smallest absolute Gasteiger partial charge is 0.306 e. The van der Waals surface area contributed by atoms with Crippen molar-refractivity contribution in [3.05, 3.63) is 85.1 Å². The van der Waals surface area contributed by atoms with E-state index in [-0.39, 0.29) is 31.1 Å². The quantitative estimate of drug-likeness (QED) is 0.0261. The monoisotopic (exact) mass is 1090 g/mol. The molecule has 0 radical (unpaired) electrons. The van der Waals surface area contributed by atoms with Crippen molar-refractivity contribution < 1.29 is 28.6 Å². The maximum absolute atomic E-state index is 12.9. The van der Waals surface area contributed by atoms with Crippen LogP contribution in [0.4, 0.5) is 0 Å². The molecule has 0 aromatic carbocycles. The Kier molecular flexibility index (Phi) is 63.2. The molecule has 0 N–H and O–H groups in total. The summed E-state index contributed by atoms with van der Waals surface area (Å²) in [4.78, 5) is 38.3. The molecule has 0 aliphatic heterocycles. The van der Waals surface area contributed by atoms with Gasteiger partial charge in [0.25, 0.3) is 0 Å². The molecule has 0 heterocycles. The molecule has 0 fully saturated rings. The molecular weight excluding hydrogens is 961 g/mol. The number of ether oxygens (including phenoxy) is 3. The van der Waals surface area contributed by atoms with Crippen molar-refractivity contribution in [1.29, 1.82) is 0 Å². The second-order valence-electron chi connectivity index (χ2n) is 22.4. The molecule has 78 heavy (non-hydrogen) atoms. The highest BCUT2D eigenvalue weighted by Crippen LogP contribution is 2.17. The summed E-state index contributed by atoms with van der Waals surface area (Å²) in [6.07, 6.45) is 87.5. The Hall–Kier alpha value is -3.41. The molecule has 0 amide bonds. The minimum absolute atomic E-state index is 0.0746. The predicted molar refractivity (Wildman–Crippen MR) is 339 cm³/mol. The fraction of sp³-hybridized carbons (Fsp3) is 0.764. The van der Waals surface area contributed by atoms with E-state index in [2.05, 4.69) is 106 Å². The third kappa shape index (κ3) is 63.4. The van der Waals surface area contributed by atoms with Crippen molar-refractivity contribution in [2.24, 2.45) is 0 Å². The molecule has 1 unspecified atom stereocenters. The molecular formula is C72H126O6. The molecule has 0 aromatic heterocycles. The molecule has 450 valence electrons. The number of hydrogen-bond acceptors (Lipinski definition) is 6. The van der Waals surface area contributed by atoms with Gasteiger partial charge in [0.2, 0.25) is 0 Å². The van der Waals surface area contributed by atoms with Crippen LogP contribution in [0.3, 0.4) is 0 Å². The third-order valence-electron chi connectivity index (χ3n) is 14.6. The minimum Gasteiger partial charge on any atom is -0.462 e. The van der Waals surface area contributed by atoms with Gasteiger partial charge in [0.05, 0.1) is 0 Å². The van der Waals surface area contributed by atoms with E-state index in [1.54, 1.807) is 0 Å². The molecule has 6 nitrogen and oxygen atoms in total. The Balaban J connectivity index is 4.14. The maximum atomic E-state index is 12.9. The molecule has 1 atom stereocenters. The van der Waals surface area contributed by atoms with Crippen LogP contribution >= 0.6 is 0 Å². The van der Waals surface area contributed by atoms with Crippen LogP contribution in [0.2, 0.25) is 0 Å². The third-order valence-corrected chi connectivity index (χ3v) is 14.6. The van der Waals surface area contributed by atoms with Crippen molar-refractivity contribution in [2.45, 2.75) is 341 Å². The minimum atomic E-state index is -0.776. The molecule has 0 aromatic rings. The molecule has 0 rings (SSSR count). The Morgan fingerprint density at radius 2 is 0.513 bits per heavy atom. The predicted octanol–water partition coefficient (Wildman–Crippen LogP) is 23.1. The zero-order valence-electron chi connectivity index (χ0n) is 51.7. The summed E-state index contributed by atoms with van der Waals surface area (Å²) in [5, 5.41) is 0. The average molecular weight is 1090 g/mol. The molecule has 0 aliphatic rings. The number of esters is 3. The topological polar surface area (TPSA) is 78.9 Å². The second kappa shape index (κ2) is 66.1. The van der Waals surface area contributed by atoms with Crippen LogP contribution in [0.25, 0.3) is 0 Å². The first-order chi connectivity index (χ1) is 38.5. The summed E-state index contributed by atoms with van der Waals surface area (Å²) >= 11 is 0. The van der Waals surface area contributed by atoms with Gasteiger partial charge >= 0.3 is 17.9 Å². The largest absolute Gasteiger partial charge is 0.462 e. The summed E-state index contributed by atoms with van der Waals surface area (Å²) < 4.78 is 16.9. The summed E-state index contributed by atoms with van der Waals surface area (Å²) in [5.41, 5.74) is 0. The highest BCUT2D eigenvalue weighted by atomic mass is 16.6. The zero-order valence-corrected chi connectivity index (χ0v) is 51.7. The van der Waals surface area contributed by atoms with Crippen molar-refractivity contribution in [3.8, 4) is 0 Å². The van der Waals surface area contributed by atoms with E-state index < -0.39 is 6.10 Å². The van der Waals surface area contributed by atoms with Gasteiger partial charge in [-0.3, -0.25) is 14.4 Å². The molecule has 0 bridgehead atoms. The van der Waals surface area contributed by atoms with E-state index in [4.69, 9.17) is 14.2 Å². The Morgan fingerprint density at radius 3 is 0.833 bits per heavy atom. The molecule has 0 aliphatic carbocycles.